The van der Waals surface area contributed by atoms with Gasteiger partial charge in [-0.1, -0.05) is 42.5 Å². The Balaban J connectivity index is 1.93. The van der Waals surface area contributed by atoms with E-state index in [1.165, 1.54) is 0 Å². The molecule has 0 spiro atoms. The average molecular weight is 367 g/mol. The summed E-state index contributed by atoms with van der Waals surface area (Å²) in [7, 11) is 0. The summed E-state index contributed by atoms with van der Waals surface area (Å²) >= 11 is 5.28. The van der Waals surface area contributed by atoms with Crippen molar-refractivity contribution in [2.45, 2.75) is 19.9 Å². The third-order valence-electron chi connectivity index (χ3n) is 4.08. The van der Waals surface area contributed by atoms with Gasteiger partial charge < -0.3 is 20.7 Å². The number of amides is 1. The molecule has 1 aliphatic rings. The average Bonchev–Trinajstić information content (AvgIpc) is 2.63. The van der Waals surface area contributed by atoms with Crippen molar-refractivity contribution in [2.75, 3.05) is 11.9 Å². The number of thiocarbonyl (C=S) groups is 1. The molecule has 0 saturated carbocycles. The number of ether oxygens (including phenoxy) is 1. The lowest BCUT2D eigenvalue weighted by atomic mass is 9.95. The Morgan fingerprint density at radius 2 is 1.85 bits per heavy atom. The minimum Gasteiger partial charge on any atom is -0.492 e. The van der Waals surface area contributed by atoms with Crippen LogP contribution in [0.1, 0.15) is 25.5 Å². The Morgan fingerprint density at radius 3 is 2.58 bits per heavy atom. The van der Waals surface area contributed by atoms with Crippen LogP contribution in [-0.2, 0) is 4.79 Å². The minimum absolute atomic E-state index is 0.203. The lowest BCUT2D eigenvalue weighted by Gasteiger charge is -2.30. The number of hydrogen-bond acceptors (Lipinski definition) is 3. The summed E-state index contributed by atoms with van der Waals surface area (Å²) < 4.78 is 5.60. The number of para-hydroxylation sites is 2. The molecular weight excluding hydrogens is 346 g/mol. The molecule has 3 rings (SSSR count). The Hall–Kier alpha value is -2.86. The van der Waals surface area contributed by atoms with Crippen molar-refractivity contribution >= 4 is 28.9 Å². The van der Waals surface area contributed by atoms with Gasteiger partial charge in [0.25, 0.3) is 5.91 Å². The van der Waals surface area contributed by atoms with Gasteiger partial charge in [0.15, 0.2) is 5.11 Å². The predicted octanol–water partition coefficient (Wildman–Crippen LogP) is 3.52. The van der Waals surface area contributed by atoms with Gasteiger partial charge in [-0.15, -0.1) is 0 Å². The third-order valence-corrected chi connectivity index (χ3v) is 4.30. The fourth-order valence-electron chi connectivity index (χ4n) is 2.93. The molecule has 0 radical (unpaired) electrons. The largest absolute Gasteiger partial charge is 0.492 e. The zero-order valence-corrected chi connectivity index (χ0v) is 15.5. The Kier molecular flexibility index (Phi) is 5.53. The van der Waals surface area contributed by atoms with E-state index in [0.717, 1.165) is 11.3 Å². The molecule has 6 heteroatoms. The van der Waals surface area contributed by atoms with Gasteiger partial charge in [0.2, 0.25) is 0 Å². The molecule has 2 aromatic rings. The second-order valence-corrected chi connectivity index (χ2v) is 6.27. The van der Waals surface area contributed by atoms with E-state index in [-0.39, 0.29) is 11.9 Å². The summed E-state index contributed by atoms with van der Waals surface area (Å²) in [6.45, 7) is 4.29. The number of carbonyl (C=O) groups excluding carboxylic acids is 1. The summed E-state index contributed by atoms with van der Waals surface area (Å²) in [5.41, 5.74) is 2.93. The molecule has 0 saturated heterocycles. The predicted molar refractivity (Wildman–Crippen MR) is 107 cm³/mol. The summed E-state index contributed by atoms with van der Waals surface area (Å²) in [6.07, 6.45) is 0. The summed E-state index contributed by atoms with van der Waals surface area (Å²) in [4.78, 5) is 13.1. The van der Waals surface area contributed by atoms with Gasteiger partial charge in [0, 0.05) is 5.70 Å². The molecule has 0 fully saturated rings. The second-order valence-electron chi connectivity index (χ2n) is 5.86. The maximum atomic E-state index is 13.1. The fourth-order valence-corrected chi connectivity index (χ4v) is 3.20. The van der Waals surface area contributed by atoms with Gasteiger partial charge in [0.1, 0.15) is 5.75 Å². The first kappa shape index (κ1) is 17.9. The highest BCUT2D eigenvalue weighted by atomic mass is 32.1. The number of anilines is 1. The van der Waals surface area contributed by atoms with Crippen molar-refractivity contribution in [1.29, 1.82) is 0 Å². The maximum Gasteiger partial charge on any atom is 0.255 e. The van der Waals surface area contributed by atoms with Crippen LogP contribution in [0.2, 0.25) is 0 Å². The standard InChI is InChI=1S/C20H21N3O2S/c1-3-25-16-12-8-7-11-15(16)22-19(24)17-13(2)21-20(26)23-18(17)14-9-5-4-6-10-14/h4-12,18H,3H2,1-2H3,(H,22,24)(H2,21,23,26)/t18-/m1/s1. The van der Waals surface area contributed by atoms with E-state index < -0.39 is 0 Å². The monoisotopic (exact) mass is 367 g/mol. The molecule has 3 N–H and O–H groups in total. The molecule has 1 amide bonds. The Morgan fingerprint density at radius 1 is 1.15 bits per heavy atom. The van der Waals surface area contributed by atoms with Crippen molar-refractivity contribution in [3.8, 4) is 5.75 Å². The number of carbonyl (C=O) groups is 1. The molecule has 0 aliphatic carbocycles. The van der Waals surface area contributed by atoms with E-state index in [0.29, 0.717) is 28.7 Å². The van der Waals surface area contributed by atoms with E-state index in [1.54, 1.807) is 0 Å². The normalized spacial score (nSPS) is 16.5. The highest BCUT2D eigenvalue weighted by Crippen LogP contribution is 2.30. The van der Waals surface area contributed by atoms with E-state index >= 15 is 0 Å². The van der Waals surface area contributed by atoms with Crippen molar-refractivity contribution in [1.82, 2.24) is 10.6 Å². The Bertz CT molecular complexity index is 849. The minimum atomic E-state index is -0.316. The zero-order chi connectivity index (χ0) is 18.5. The molecule has 1 heterocycles. The molecule has 0 bridgehead atoms. The highest BCUT2D eigenvalue weighted by molar-refractivity contribution is 7.80. The molecule has 26 heavy (non-hydrogen) atoms. The Labute approximate surface area is 158 Å². The van der Waals surface area contributed by atoms with E-state index in [9.17, 15) is 4.79 Å². The van der Waals surface area contributed by atoms with Crippen LogP contribution in [0.15, 0.2) is 65.9 Å². The first-order valence-electron chi connectivity index (χ1n) is 8.46. The van der Waals surface area contributed by atoms with Crippen LogP contribution in [0.4, 0.5) is 5.69 Å². The van der Waals surface area contributed by atoms with Gasteiger partial charge in [-0.25, -0.2) is 0 Å². The quantitative estimate of drug-likeness (QED) is 0.706. The molecule has 134 valence electrons. The van der Waals surface area contributed by atoms with Crippen molar-refractivity contribution in [3.05, 3.63) is 71.4 Å². The number of hydrogen-bond donors (Lipinski definition) is 3. The van der Waals surface area contributed by atoms with Crippen LogP contribution in [0, 0.1) is 0 Å². The van der Waals surface area contributed by atoms with Crippen molar-refractivity contribution in [2.24, 2.45) is 0 Å². The lowest BCUT2D eigenvalue weighted by Crippen LogP contribution is -2.45. The first-order chi connectivity index (χ1) is 12.6. The third kappa shape index (κ3) is 3.86. The molecule has 2 aromatic carbocycles. The molecule has 5 nitrogen and oxygen atoms in total. The topological polar surface area (TPSA) is 62.4 Å². The zero-order valence-electron chi connectivity index (χ0n) is 14.7. The molecule has 1 aliphatic heterocycles. The maximum absolute atomic E-state index is 13.1. The number of allylic oxidation sites excluding steroid dienone is 1. The summed E-state index contributed by atoms with van der Waals surface area (Å²) in [5.74, 6) is 0.441. The number of nitrogens with one attached hydrogen (secondary N) is 3. The van der Waals surface area contributed by atoms with Crippen LogP contribution in [-0.4, -0.2) is 17.6 Å². The van der Waals surface area contributed by atoms with Crippen LogP contribution < -0.4 is 20.7 Å². The van der Waals surface area contributed by atoms with Crippen LogP contribution in [0.25, 0.3) is 0 Å². The van der Waals surface area contributed by atoms with Crippen LogP contribution in [0.3, 0.4) is 0 Å². The SMILES string of the molecule is CCOc1ccccc1NC(=O)C1=C(C)NC(=S)N[C@@H]1c1ccccc1. The van der Waals surface area contributed by atoms with Gasteiger partial charge in [-0.2, -0.15) is 0 Å². The summed E-state index contributed by atoms with van der Waals surface area (Å²) in [6, 6.07) is 16.9. The van der Waals surface area contributed by atoms with Crippen molar-refractivity contribution in [3.63, 3.8) is 0 Å². The first-order valence-corrected chi connectivity index (χ1v) is 8.87. The van der Waals surface area contributed by atoms with E-state index in [2.05, 4.69) is 16.0 Å². The molecule has 0 unspecified atom stereocenters. The fraction of sp³-hybridized carbons (Fsp3) is 0.200. The van der Waals surface area contributed by atoms with Crippen LogP contribution in [0.5, 0.6) is 5.75 Å². The van der Waals surface area contributed by atoms with Gasteiger partial charge in [0.05, 0.1) is 23.9 Å². The molecule has 1 atom stereocenters. The van der Waals surface area contributed by atoms with E-state index in [1.807, 2.05) is 68.4 Å². The van der Waals surface area contributed by atoms with Crippen LogP contribution >= 0.6 is 12.2 Å². The smallest absolute Gasteiger partial charge is 0.255 e. The number of benzene rings is 2. The highest BCUT2D eigenvalue weighted by Gasteiger charge is 2.30. The van der Waals surface area contributed by atoms with Gasteiger partial charge >= 0.3 is 0 Å². The summed E-state index contributed by atoms with van der Waals surface area (Å²) in [5, 5.41) is 9.70. The lowest BCUT2D eigenvalue weighted by molar-refractivity contribution is -0.113. The van der Waals surface area contributed by atoms with Crippen molar-refractivity contribution < 1.29 is 9.53 Å². The van der Waals surface area contributed by atoms with Gasteiger partial charge in [-0.3, -0.25) is 4.79 Å². The molecular formula is C20H21N3O2S. The number of rotatable bonds is 5. The molecule has 0 aromatic heterocycles. The van der Waals surface area contributed by atoms with Gasteiger partial charge in [-0.05, 0) is 43.8 Å². The van der Waals surface area contributed by atoms with E-state index in [4.69, 9.17) is 17.0 Å². The second kappa shape index (κ2) is 8.01.